The molecule has 0 bridgehead atoms. The number of nitrogens with one attached hydrogen (secondary N) is 1. The summed E-state index contributed by atoms with van der Waals surface area (Å²) in [5, 5.41) is 3.33. The molecule has 1 saturated carbocycles. The van der Waals surface area contributed by atoms with Crippen molar-refractivity contribution in [3.63, 3.8) is 0 Å². The Morgan fingerprint density at radius 1 is 1.53 bits per heavy atom. The minimum atomic E-state index is 0.0780. The predicted molar refractivity (Wildman–Crippen MR) is 60.3 cm³/mol. The van der Waals surface area contributed by atoms with Crippen LogP contribution in [0.3, 0.4) is 0 Å². The summed E-state index contributed by atoms with van der Waals surface area (Å²) in [6, 6.07) is 0.0780. The molecule has 0 aromatic carbocycles. The first-order valence-electron chi connectivity index (χ1n) is 6.24. The standard InChI is InChI=1S/C12H22N2O/c1-3-9(2)11-12(15)14(8-13-11)7-6-10-4-5-10/h9-11,13H,3-8H2,1-2H3. The van der Waals surface area contributed by atoms with Gasteiger partial charge in [-0.1, -0.05) is 33.1 Å². The summed E-state index contributed by atoms with van der Waals surface area (Å²) >= 11 is 0. The number of carbonyl (C=O) groups is 1. The van der Waals surface area contributed by atoms with E-state index in [2.05, 4.69) is 19.2 Å². The van der Waals surface area contributed by atoms with E-state index in [1.54, 1.807) is 0 Å². The van der Waals surface area contributed by atoms with E-state index in [4.69, 9.17) is 0 Å². The molecule has 2 aliphatic rings. The fourth-order valence-electron chi connectivity index (χ4n) is 2.18. The van der Waals surface area contributed by atoms with Gasteiger partial charge in [0.2, 0.25) is 5.91 Å². The summed E-state index contributed by atoms with van der Waals surface area (Å²) in [6.45, 7) is 6.02. The minimum absolute atomic E-state index is 0.0780. The monoisotopic (exact) mass is 210 g/mol. The van der Waals surface area contributed by atoms with Gasteiger partial charge >= 0.3 is 0 Å². The summed E-state index contributed by atoms with van der Waals surface area (Å²) in [4.78, 5) is 14.0. The lowest BCUT2D eigenvalue weighted by Crippen LogP contribution is -2.36. The van der Waals surface area contributed by atoms with E-state index in [1.165, 1.54) is 19.3 Å². The van der Waals surface area contributed by atoms with Gasteiger partial charge in [0.1, 0.15) is 0 Å². The molecule has 2 rings (SSSR count). The molecule has 1 saturated heterocycles. The molecule has 1 aliphatic carbocycles. The normalized spacial score (nSPS) is 28.5. The maximum atomic E-state index is 12.0. The Kier molecular flexibility index (Phi) is 3.29. The zero-order chi connectivity index (χ0) is 10.8. The first-order valence-corrected chi connectivity index (χ1v) is 6.24. The van der Waals surface area contributed by atoms with Gasteiger partial charge in [-0.15, -0.1) is 0 Å². The van der Waals surface area contributed by atoms with Crippen LogP contribution in [0.5, 0.6) is 0 Å². The Hall–Kier alpha value is -0.570. The molecule has 86 valence electrons. The average Bonchev–Trinajstić information content (AvgIpc) is 3.00. The van der Waals surface area contributed by atoms with Crippen LogP contribution >= 0.6 is 0 Å². The molecule has 0 aromatic heterocycles. The lowest BCUT2D eigenvalue weighted by atomic mass is 9.99. The van der Waals surface area contributed by atoms with Crippen molar-refractivity contribution < 1.29 is 4.79 Å². The maximum Gasteiger partial charge on any atom is 0.241 e. The van der Waals surface area contributed by atoms with Crippen molar-refractivity contribution in [2.45, 2.75) is 45.6 Å². The van der Waals surface area contributed by atoms with Crippen LogP contribution in [-0.2, 0) is 4.79 Å². The zero-order valence-corrected chi connectivity index (χ0v) is 9.83. The minimum Gasteiger partial charge on any atom is -0.329 e. The Morgan fingerprint density at radius 2 is 2.27 bits per heavy atom. The predicted octanol–water partition coefficient (Wildman–Crippen LogP) is 1.59. The number of rotatable bonds is 5. The molecule has 1 heterocycles. The topological polar surface area (TPSA) is 32.3 Å². The van der Waals surface area contributed by atoms with Crippen LogP contribution in [0.1, 0.15) is 39.5 Å². The Morgan fingerprint density at radius 3 is 2.87 bits per heavy atom. The van der Waals surface area contributed by atoms with Crippen molar-refractivity contribution >= 4 is 5.91 Å². The second-order valence-electron chi connectivity index (χ2n) is 5.06. The first kappa shape index (κ1) is 10.9. The SMILES string of the molecule is CCC(C)C1NCN(CCC2CC2)C1=O. The van der Waals surface area contributed by atoms with Crippen LogP contribution in [0.25, 0.3) is 0 Å². The number of nitrogens with zero attached hydrogens (tertiary/aromatic N) is 1. The summed E-state index contributed by atoms with van der Waals surface area (Å²) < 4.78 is 0. The Labute approximate surface area is 92.2 Å². The molecule has 3 heteroatoms. The molecule has 1 N–H and O–H groups in total. The van der Waals surface area contributed by atoms with Gasteiger partial charge in [0, 0.05) is 6.54 Å². The smallest absolute Gasteiger partial charge is 0.241 e. The third-order valence-electron chi connectivity index (χ3n) is 3.80. The van der Waals surface area contributed by atoms with Crippen molar-refractivity contribution in [2.75, 3.05) is 13.2 Å². The van der Waals surface area contributed by atoms with Gasteiger partial charge in [0.15, 0.2) is 0 Å². The molecule has 0 radical (unpaired) electrons. The maximum absolute atomic E-state index is 12.0. The van der Waals surface area contributed by atoms with E-state index in [0.29, 0.717) is 11.8 Å². The highest BCUT2D eigenvalue weighted by atomic mass is 16.2. The molecular formula is C12H22N2O. The molecule has 2 atom stereocenters. The fraction of sp³-hybridized carbons (Fsp3) is 0.917. The van der Waals surface area contributed by atoms with E-state index >= 15 is 0 Å². The molecule has 3 nitrogen and oxygen atoms in total. The average molecular weight is 210 g/mol. The largest absolute Gasteiger partial charge is 0.329 e. The van der Waals surface area contributed by atoms with Crippen LogP contribution in [0, 0.1) is 11.8 Å². The van der Waals surface area contributed by atoms with Crippen LogP contribution in [0.4, 0.5) is 0 Å². The highest BCUT2D eigenvalue weighted by molar-refractivity contribution is 5.84. The number of hydrogen-bond donors (Lipinski definition) is 1. The van der Waals surface area contributed by atoms with E-state index in [1.807, 2.05) is 4.90 Å². The van der Waals surface area contributed by atoms with E-state index in [9.17, 15) is 4.79 Å². The molecule has 2 unspecified atom stereocenters. The second kappa shape index (κ2) is 4.52. The number of hydrogen-bond acceptors (Lipinski definition) is 2. The molecule has 1 aliphatic heterocycles. The third-order valence-corrected chi connectivity index (χ3v) is 3.80. The van der Waals surface area contributed by atoms with Crippen molar-refractivity contribution in [2.24, 2.45) is 11.8 Å². The molecule has 0 aromatic rings. The van der Waals surface area contributed by atoms with Gasteiger partial charge in [0.25, 0.3) is 0 Å². The summed E-state index contributed by atoms with van der Waals surface area (Å²) in [5.74, 6) is 1.70. The quantitative estimate of drug-likeness (QED) is 0.747. The Balaban J connectivity index is 1.80. The van der Waals surface area contributed by atoms with Gasteiger partial charge in [-0.05, 0) is 18.3 Å². The zero-order valence-electron chi connectivity index (χ0n) is 9.83. The molecular weight excluding hydrogens is 188 g/mol. The van der Waals surface area contributed by atoms with Crippen molar-refractivity contribution in [3.8, 4) is 0 Å². The molecule has 0 spiro atoms. The molecule has 15 heavy (non-hydrogen) atoms. The van der Waals surface area contributed by atoms with E-state index in [0.717, 1.165) is 25.6 Å². The highest BCUT2D eigenvalue weighted by Crippen LogP contribution is 2.32. The lowest BCUT2D eigenvalue weighted by molar-refractivity contribution is -0.129. The molecule has 2 fully saturated rings. The summed E-state index contributed by atoms with van der Waals surface area (Å²) in [5.41, 5.74) is 0. The van der Waals surface area contributed by atoms with Crippen LogP contribution in [0.15, 0.2) is 0 Å². The summed E-state index contributed by atoms with van der Waals surface area (Å²) in [7, 11) is 0. The van der Waals surface area contributed by atoms with Gasteiger partial charge in [-0.3, -0.25) is 10.1 Å². The van der Waals surface area contributed by atoms with E-state index in [-0.39, 0.29) is 6.04 Å². The van der Waals surface area contributed by atoms with Gasteiger partial charge in [-0.2, -0.15) is 0 Å². The summed E-state index contributed by atoms with van der Waals surface area (Å²) in [6.07, 6.45) is 5.04. The van der Waals surface area contributed by atoms with Crippen molar-refractivity contribution in [3.05, 3.63) is 0 Å². The number of carbonyl (C=O) groups excluding carboxylic acids is 1. The van der Waals surface area contributed by atoms with Crippen molar-refractivity contribution in [1.29, 1.82) is 0 Å². The second-order valence-corrected chi connectivity index (χ2v) is 5.06. The lowest BCUT2D eigenvalue weighted by Gasteiger charge is -2.17. The van der Waals surface area contributed by atoms with Crippen LogP contribution in [-0.4, -0.2) is 30.1 Å². The number of amides is 1. The van der Waals surface area contributed by atoms with Gasteiger partial charge in [0.05, 0.1) is 12.7 Å². The first-order chi connectivity index (χ1) is 7.22. The highest BCUT2D eigenvalue weighted by Gasteiger charge is 2.34. The Bertz CT molecular complexity index is 238. The van der Waals surface area contributed by atoms with Gasteiger partial charge in [-0.25, -0.2) is 0 Å². The van der Waals surface area contributed by atoms with Crippen LogP contribution < -0.4 is 5.32 Å². The molecule has 1 amide bonds. The van der Waals surface area contributed by atoms with E-state index < -0.39 is 0 Å². The third kappa shape index (κ3) is 2.51. The fourth-order valence-corrected chi connectivity index (χ4v) is 2.18. The van der Waals surface area contributed by atoms with Crippen molar-refractivity contribution in [1.82, 2.24) is 10.2 Å². The van der Waals surface area contributed by atoms with Gasteiger partial charge < -0.3 is 4.90 Å². The van der Waals surface area contributed by atoms with Crippen LogP contribution in [0.2, 0.25) is 0 Å².